The van der Waals surface area contributed by atoms with E-state index >= 15 is 0 Å². The smallest absolute Gasteiger partial charge is 0.255 e. The summed E-state index contributed by atoms with van der Waals surface area (Å²) < 4.78 is 0. The molecule has 0 saturated carbocycles. The first-order chi connectivity index (χ1) is 11.3. The van der Waals surface area contributed by atoms with Crippen LogP contribution in [0.5, 0.6) is 0 Å². The van der Waals surface area contributed by atoms with Crippen molar-refractivity contribution in [2.75, 3.05) is 36.8 Å². The highest BCUT2D eigenvalue weighted by Crippen LogP contribution is 2.24. The number of carbonyl (C=O) groups is 1. The topological polar surface area (TPSA) is 49.3 Å². The van der Waals surface area contributed by atoms with Crippen LogP contribution in [0.25, 0.3) is 0 Å². The molecule has 6 heteroatoms. The molecule has 0 spiro atoms. The fraction of sp³-hybridized carbons (Fsp3) is 0.353. The van der Waals surface area contributed by atoms with Gasteiger partial charge in [0.15, 0.2) is 0 Å². The molecular weight excluding hydrogens is 308 g/mol. The molecule has 0 radical (unpaired) electrons. The van der Waals surface area contributed by atoms with Gasteiger partial charge in [-0.3, -0.25) is 4.79 Å². The Morgan fingerprint density at radius 3 is 2.48 bits per heavy atom. The minimum absolute atomic E-state index is 0.121. The van der Waals surface area contributed by atoms with Crippen molar-refractivity contribution in [3.05, 3.63) is 48.3 Å². The number of piperazine rings is 1. The van der Waals surface area contributed by atoms with Crippen LogP contribution < -0.4 is 4.90 Å². The third-order valence-corrected chi connectivity index (χ3v) is 4.77. The van der Waals surface area contributed by atoms with Gasteiger partial charge < -0.3 is 9.80 Å². The van der Waals surface area contributed by atoms with Crippen molar-refractivity contribution in [1.29, 1.82) is 0 Å². The Kier molecular flexibility index (Phi) is 5.12. The predicted molar refractivity (Wildman–Crippen MR) is 93.0 cm³/mol. The zero-order valence-corrected chi connectivity index (χ0v) is 14.0. The number of amides is 1. The van der Waals surface area contributed by atoms with Gasteiger partial charge in [-0.1, -0.05) is 19.1 Å². The van der Waals surface area contributed by atoms with Crippen LogP contribution in [0, 0.1) is 0 Å². The van der Waals surface area contributed by atoms with Crippen molar-refractivity contribution in [3.63, 3.8) is 0 Å². The van der Waals surface area contributed by atoms with E-state index < -0.39 is 0 Å². The highest BCUT2D eigenvalue weighted by atomic mass is 32.2. The van der Waals surface area contributed by atoms with Gasteiger partial charge in [-0.05, 0) is 24.0 Å². The van der Waals surface area contributed by atoms with Crippen molar-refractivity contribution < 1.29 is 4.79 Å². The van der Waals surface area contributed by atoms with E-state index in [1.54, 1.807) is 24.2 Å². The van der Waals surface area contributed by atoms with E-state index in [4.69, 9.17) is 0 Å². The summed E-state index contributed by atoms with van der Waals surface area (Å²) in [6.07, 6.45) is 3.50. The monoisotopic (exact) mass is 328 g/mol. The second-order valence-corrected chi connectivity index (χ2v) is 6.56. The second-order valence-electron chi connectivity index (χ2n) is 5.26. The number of nitrogens with zero attached hydrogens (tertiary/aromatic N) is 4. The predicted octanol–water partition coefficient (Wildman–Crippen LogP) is 2.55. The van der Waals surface area contributed by atoms with Crippen LogP contribution in [0.3, 0.4) is 0 Å². The van der Waals surface area contributed by atoms with Gasteiger partial charge in [-0.15, -0.1) is 11.8 Å². The molecule has 0 unspecified atom stereocenters. The van der Waals surface area contributed by atoms with Crippen LogP contribution in [0.2, 0.25) is 0 Å². The van der Waals surface area contributed by atoms with Gasteiger partial charge in [0.2, 0.25) is 5.95 Å². The molecule has 120 valence electrons. The van der Waals surface area contributed by atoms with E-state index in [1.807, 2.05) is 35.2 Å². The lowest BCUT2D eigenvalue weighted by atomic mass is 10.2. The first-order valence-electron chi connectivity index (χ1n) is 7.82. The molecule has 3 rings (SSSR count). The van der Waals surface area contributed by atoms with Gasteiger partial charge in [0.05, 0.1) is 5.56 Å². The summed E-state index contributed by atoms with van der Waals surface area (Å²) in [6.45, 7) is 5.02. The van der Waals surface area contributed by atoms with E-state index in [0.29, 0.717) is 13.1 Å². The maximum Gasteiger partial charge on any atom is 0.255 e. The Balaban J connectivity index is 1.67. The van der Waals surface area contributed by atoms with Gasteiger partial charge in [-0.2, -0.15) is 0 Å². The Labute approximate surface area is 140 Å². The van der Waals surface area contributed by atoms with Crippen LogP contribution >= 0.6 is 11.8 Å². The summed E-state index contributed by atoms with van der Waals surface area (Å²) in [5, 5.41) is 0. The van der Waals surface area contributed by atoms with Crippen molar-refractivity contribution >= 4 is 23.6 Å². The molecule has 1 fully saturated rings. The standard InChI is InChI=1S/C17H20N4OS/c1-2-23-15-7-4-3-6-14(15)16(22)20-10-12-21(13-11-20)17-18-8-5-9-19-17/h3-9H,2,10-13H2,1H3. The van der Waals surface area contributed by atoms with Crippen LogP contribution in [0.15, 0.2) is 47.6 Å². The number of hydrogen-bond donors (Lipinski definition) is 0. The summed E-state index contributed by atoms with van der Waals surface area (Å²) >= 11 is 1.71. The first-order valence-corrected chi connectivity index (χ1v) is 8.81. The van der Waals surface area contributed by atoms with Gasteiger partial charge in [0.25, 0.3) is 5.91 Å². The number of thioether (sulfide) groups is 1. The second kappa shape index (κ2) is 7.46. The molecule has 1 amide bonds. The number of hydrogen-bond acceptors (Lipinski definition) is 5. The molecule has 2 aromatic rings. The van der Waals surface area contributed by atoms with Crippen molar-refractivity contribution in [3.8, 4) is 0 Å². The molecule has 1 aliphatic rings. The van der Waals surface area contributed by atoms with E-state index in [1.165, 1.54) is 0 Å². The maximum atomic E-state index is 12.8. The molecule has 0 atom stereocenters. The Hall–Kier alpha value is -2.08. The molecule has 0 N–H and O–H groups in total. The van der Waals surface area contributed by atoms with Gasteiger partial charge in [0, 0.05) is 43.5 Å². The van der Waals surface area contributed by atoms with Crippen molar-refractivity contribution in [2.24, 2.45) is 0 Å². The number of rotatable bonds is 4. The van der Waals surface area contributed by atoms with E-state index in [0.717, 1.165) is 35.2 Å². The fourth-order valence-electron chi connectivity index (χ4n) is 2.66. The SMILES string of the molecule is CCSc1ccccc1C(=O)N1CCN(c2ncccn2)CC1. The number of aromatic nitrogens is 2. The summed E-state index contributed by atoms with van der Waals surface area (Å²) in [6, 6.07) is 9.68. The molecule has 1 aliphatic heterocycles. The van der Waals surface area contributed by atoms with E-state index in [-0.39, 0.29) is 5.91 Å². The number of benzene rings is 1. The van der Waals surface area contributed by atoms with Crippen molar-refractivity contribution in [2.45, 2.75) is 11.8 Å². The third-order valence-electron chi connectivity index (χ3n) is 3.82. The van der Waals surface area contributed by atoms with Crippen molar-refractivity contribution in [1.82, 2.24) is 14.9 Å². The number of carbonyl (C=O) groups excluding carboxylic acids is 1. The molecule has 23 heavy (non-hydrogen) atoms. The Morgan fingerprint density at radius 2 is 1.78 bits per heavy atom. The summed E-state index contributed by atoms with van der Waals surface area (Å²) in [4.78, 5) is 26.5. The molecular formula is C17H20N4OS. The fourth-order valence-corrected chi connectivity index (χ4v) is 3.46. The lowest BCUT2D eigenvalue weighted by molar-refractivity contribution is 0.0743. The first kappa shape index (κ1) is 15.8. The van der Waals surface area contributed by atoms with E-state index in [2.05, 4.69) is 21.8 Å². The van der Waals surface area contributed by atoms with Crippen LogP contribution in [0.4, 0.5) is 5.95 Å². The van der Waals surface area contributed by atoms with Gasteiger partial charge >= 0.3 is 0 Å². The molecule has 5 nitrogen and oxygen atoms in total. The third kappa shape index (κ3) is 3.64. The zero-order valence-electron chi connectivity index (χ0n) is 13.2. The lowest BCUT2D eigenvalue weighted by Crippen LogP contribution is -2.49. The quantitative estimate of drug-likeness (QED) is 0.807. The molecule has 1 aromatic heterocycles. The molecule has 0 bridgehead atoms. The normalized spacial score (nSPS) is 14.8. The Morgan fingerprint density at radius 1 is 1.09 bits per heavy atom. The molecule has 2 heterocycles. The molecule has 1 aromatic carbocycles. The average molecular weight is 328 g/mol. The highest BCUT2D eigenvalue weighted by Gasteiger charge is 2.24. The van der Waals surface area contributed by atoms with Gasteiger partial charge in [-0.25, -0.2) is 9.97 Å². The highest BCUT2D eigenvalue weighted by molar-refractivity contribution is 7.99. The summed E-state index contributed by atoms with van der Waals surface area (Å²) in [7, 11) is 0. The minimum atomic E-state index is 0.121. The van der Waals surface area contributed by atoms with Gasteiger partial charge in [0.1, 0.15) is 0 Å². The molecule has 0 aliphatic carbocycles. The Bertz CT molecular complexity index is 657. The summed E-state index contributed by atoms with van der Waals surface area (Å²) in [5.41, 5.74) is 0.809. The number of anilines is 1. The average Bonchev–Trinajstić information content (AvgIpc) is 2.63. The van der Waals surface area contributed by atoms with E-state index in [9.17, 15) is 4.79 Å². The summed E-state index contributed by atoms with van der Waals surface area (Å²) in [5.74, 6) is 1.82. The van der Waals surface area contributed by atoms with Crippen LogP contribution in [-0.4, -0.2) is 52.7 Å². The lowest BCUT2D eigenvalue weighted by Gasteiger charge is -2.35. The van der Waals surface area contributed by atoms with Crippen LogP contribution in [-0.2, 0) is 0 Å². The largest absolute Gasteiger partial charge is 0.337 e. The zero-order chi connectivity index (χ0) is 16.1. The molecule has 1 saturated heterocycles. The van der Waals surface area contributed by atoms with Crippen LogP contribution in [0.1, 0.15) is 17.3 Å². The maximum absolute atomic E-state index is 12.8. The minimum Gasteiger partial charge on any atom is -0.337 e.